The van der Waals surface area contributed by atoms with Crippen molar-refractivity contribution in [3.63, 3.8) is 0 Å². The summed E-state index contributed by atoms with van der Waals surface area (Å²) < 4.78 is 0. The zero-order chi connectivity index (χ0) is 19.2. The predicted octanol–water partition coefficient (Wildman–Crippen LogP) is 0.570. The molecule has 6 heteroatoms. The van der Waals surface area contributed by atoms with Gasteiger partial charge in [-0.05, 0) is 44.2 Å². The van der Waals surface area contributed by atoms with Crippen molar-refractivity contribution >= 4 is 17.3 Å². The summed E-state index contributed by atoms with van der Waals surface area (Å²) in [4.78, 5) is 20.1. The number of carbonyl (C=O) groups is 1. The topological polar surface area (TPSA) is 38.8 Å². The molecule has 2 aliphatic heterocycles. The minimum absolute atomic E-state index is 0. The first-order chi connectivity index (χ1) is 13.8. The molecule has 1 aromatic rings. The van der Waals surface area contributed by atoms with Gasteiger partial charge in [0.1, 0.15) is 0 Å². The van der Waals surface area contributed by atoms with Gasteiger partial charge in [0.25, 0.3) is 0 Å². The van der Waals surface area contributed by atoms with Gasteiger partial charge in [-0.1, -0.05) is 31.4 Å². The number of nitrogens with zero attached hydrogens (tertiary/aromatic N) is 3. The minimum Gasteiger partial charge on any atom is -1.00 e. The molecule has 162 valence electrons. The molecule has 3 fully saturated rings. The van der Waals surface area contributed by atoms with Gasteiger partial charge >= 0.3 is 0 Å². The van der Waals surface area contributed by atoms with E-state index in [1.54, 1.807) is 0 Å². The maximum atomic E-state index is 12.7. The number of carbonyl (C=O) groups excluding carboxylic acids is 1. The van der Waals surface area contributed by atoms with Crippen molar-refractivity contribution in [2.75, 3.05) is 56.0 Å². The van der Waals surface area contributed by atoms with Gasteiger partial charge < -0.3 is 22.6 Å². The van der Waals surface area contributed by atoms with Gasteiger partial charge in [0.2, 0.25) is 5.91 Å². The first-order valence-electron chi connectivity index (χ1n) is 11.4. The number of piperidine rings is 1. The van der Waals surface area contributed by atoms with Crippen LogP contribution in [0.25, 0.3) is 0 Å². The largest absolute Gasteiger partial charge is 1.00 e. The Morgan fingerprint density at radius 3 is 2.24 bits per heavy atom. The molecule has 2 heterocycles. The molecule has 1 N–H and O–H groups in total. The van der Waals surface area contributed by atoms with E-state index in [2.05, 4.69) is 32.1 Å². The minimum atomic E-state index is 0. The summed E-state index contributed by atoms with van der Waals surface area (Å²) in [6.07, 6.45) is 10.7. The molecule has 29 heavy (non-hydrogen) atoms. The van der Waals surface area contributed by atoms with Gasteiger partial charge in [-0.2, -0.15) is 0 Å². The van der Waals surface area contributed by atoms with Crippen molar-refractivity contribution in [3.8, 4) is 0 Å². The van der Waals surface area contributed by atoms with Crippen molar-refractivity contribution in [2.24, 2.45) is 0 Å². The maximum absolute atomic E-state index is 12.7. The Kier molecular flexibility index (Phi) is 8.64. The third-order valence-electron chi connectivity index (χ3n) is 6.74. The molecule has 0 spiro atoms. The zero-order valence-corrected chi connectivity index (χ0v) is 18.4. The zero-order valence-electron chi connectivity index (χ0n) is 17.6. The highest BCUT2D eigenvalue weighted by Crippen LogP contribution is 2.28. The van der Waals surface area contributed by atoms with E-state index in [1.807, 2.05) is 12.1 Å². The smallest absolute Gasteiger partial charge is 0.238 e. The number of amides is 1. The van der Waals surface area contributed by atoms with E-state index in [0.29, 0.717) is 6.54 Å². The normalized spacial score (nSPS) is 22.1. The van der Waals surface area contributed by atoms with Crippen LogP contribution in [-0.2, 0) is 4.79 Å². The molecule has 0 unspecified atom stereocenters. The van der Waals surface area contributed by atoms with Crippen LogP contribution in [0.3, 0.4) is 0 Å². The molecule has 2 saturated heterocycles. The molecular formula is C23H36ClN4O-. The first kappa shape index (κ1) is 22.4. The number of hydrogen-bond donors (Lipinski definition) is 1. The van der Waals surface area contributed by atoms with Gasteiger partial charge in [0.05, 0.1) is 17.9 Å². The fraction of sp³-hybridized carbons (Fsp3) is 0.696. The highest BCUT2D eigenvalue weighted by Gasteiger charge is 2.26. The van der Waals surface area contributed by atoms with Gasteiger partial charge in [0, 0.05) is 45.3 Å². The summed E-state index contributed by atoms with van der Waals surface area (Å²) in [5, 5.41) is 3.19. The molecule has 1 saturated carbocycles. The standard InChI is InChI=1S/C23H36N4O.ClH/c28-23(19-25-15-17-26(18-16-25)20-9-3-1-4-10-20)24-21-11-5-6-12-22(21)27-13-7-2-8-14-27;/h5-6,11-12,20H,1-4,7-10,13-19H2,(H,24,28);1H/p-1. The van der Waals surface area contributed by atoms with Crippen LogP contribution in [0, 0.1) is 0 Å². The van der Waals surface area contributed by atoms with Crippen molar-refractivity contribution in [2.45, 2.75) is 57.4 Å². The summed E-state index contributed by atoms with van der Waals surface area (Å²) >= 11 is 0. The third kappa shape index (κ3) is 6.09. The molecule has 4 rings (SSSR count). The molecule has 0 bridgehead atoms. The van der Waals surface area contributed by atoms with Crippen LogP contribution in [0.2, 0.25) is 0 Å². The fourth-order valence-electron chi connectivity index (χ4n) is 5.12. The monoisotopic (exact) mass is 419 g/mol. The number of anilines is 2. The van der Waals surface area contributed by atoms with Crippen LogP contribution in [0.5, 0.6) is 0 Å². The number of rotatable bonds is 5. The van der Waals surface area contributed by atoms with E-state index in [-0.39, 0.29) is 18.3 Å². The lowest BCUT2D eigenvalue weighted by Crippen LogP contribution is -3.00. The van der Waals surface area contributed by atoms with E-state index in [9.17, 15) is 4.79 Å². The van der Waals surface area contributed by atoms with E-state index in [4.69, 9.17) is 0 Å². The Morgan fingerprint density at radius 2 is 1.52 bits per heavy atom. The van der Waals surface area contributed by atoms with Gasteiger partial charge in [-0.25, -0.2) is 0 Å². The molecule has 0 atom stereocenters. The second-order valence-electron chi connectivity index (χ2n) is 8.72. The lowest BCUT2D eigenvalue weighted by molar-refractivity contribution is -0.117. The highest BCUT2D eigenvalue weighted by molar-refractivity contribution is 5.95. The Balaban J connectivity index is 0.00000240. The van der Waals surface area contributed by atoms with Crippen LogP contribution in [0.4, 0.5) is 11.4 Å². The van der Waals surface area contributed by atoms with Crippen LogP contribution < -0.4 is 22.6 Å². The molecule has 0 radical (unpaired) electrons. The first-order valence-corrected chi connectivity index (χ1v) is 11.4. The molecule has 1 amide bonds. The molecular weight excluding hydrogens is 384 g/mol. The van der Waals surface area contributed by atoms with Crippen molar-refractivity contribution in [1.29, 1.82) is 0 Å². The third-order valence-corrected chi connectivity index (χ3v) is 6.74. The molecule has 0 aromatic heterocycles. The lowest BCUT2D eigenvalue weighted by Gasteiger charge is -2.40. The maximum Gasteiger partial charge on any atom is 0.238 e. The van der Waals surface area contributed by atoms with Crippen LogP contribution in [0.1, 0.15) is 51.4 Å². The Morgan fingerprint density at radius 1 is 0.862 bits per heavy atom. The highest BCUT2D eigenvalue weighted by atomic mass is 35.5. The van der Waals surface area contributed by atoms with E-state index >= 15 is 0 Å². The fourth-order valence-corrected chi connectivity index (χ4v) is 5.12. The van der Waals surface area contributed by atoms with E-state index in [1.165, 1.54) is 57.1 Å². The second kappa shape index (κ2) is 11.2. The quantitative estimate of drug-likeness (QED) is 0.757. The number of benzene rings is 1. The van der Waals surface area contributed by atoms with Crippen molar-refractivity contribution < 1.29 is 17.2 Å². The number of hydrogen-bond acceptors (Lipinski definition) is 4. The summed E-state index contributed by atoms with van der Waals surface area (Å²) in [5.74, 6) is 0.121. The van der Waals surface area contributed by atoms with Crippen LogP contribution in [0.15, 0.2) is 24.3 Å². The van der Waals surface area contributed by atoms with Gasteiger partial charge in [0.15, 0.2) is 0 Å². The number of para-hydroxylation sites is 2. The summed E-state index contributed by atoms with van der Waals surface area (Å²) in [5.41, 5.74) is 2.15. The van der Waals surface area contributed by atoms with Crippen molar-refractivity contribution in [3.05, 3.63) is 24.3 Å². The average molecular weight is 420 g/mol. The van der Waals surface area contributed by atoms with Crippen molar-refractivity contribution in [1.82, 2.24) is 9.80 Å². The van der Waals surface area contributed by atoms with E-state index < -0.39 is 0 Å². The molecule has 5 nitrogen and oxygen atoms in total. The Labute approximate surface area is 182 Å². The Bertz CT molecular complexity index is 636. The number of halogens is 1. The summed E-state index contributed by atoms with van der Waals surface area (Å²) in [7, 11) is 0. The number of nitrogens with one attached hydrogen (secondary N) is 1. The SMILES string of the molecule is O=C(CN1CCN(C2CCCCC2)CC1)Nc1ccccc1N1CCCCC1.[Cl-]. The van der Waals surface area contributed by atoms with Crippen LogP contribution >= 0.6 is 0 Å². The van der Waals surface area contributed by atoms with Gasteiger partial charge in [-0.15, -0.1) is 0 Å². The molecule has 3 aliphatic rings. The molecule has 1 aliphatic carbocycles. The van der Waals surface area contributed by atoms with Crippen LogP contribution in [-0.4, -0.2) is 67.6 Å². The van der Waals surface area contributed by atoms with Gasteiger partial charge in [-0.3, -0.25) is 14.6 Å². The Hall–Kier alpha value is -1.30. The average Bonchev–Trinajstić information content (AvgIpc) is 2.76. The summed E-state index contributed by atoms with van der Waals surface area (Å²) in [6.45, 7) is 6.94. The number of piperazine rings is 1. The molecule has 1 aromatic carbocycles. The summed E-state index contributed by atoms with van der Waals surface area (Å²) in [6, 6.07) is 9.07. The second-order valence-corrected chi connectivity index (χ2v) is 8.72. The van der Waals surface area contributed by atoms with E-state index in [0.717, 1.165) is 51.0 Å². The lowest BCUT2D eigenvalue weighted by atomic mass is 9.94. The predicted molar refractivity (Wildman–Crippen MR) is 116 cm³/mol.